The van der Waals surface area contributed by atoms with Gasteiger partial charge in [-0.15, -0.1) is 0 Å². The Kier molecular flexibility index (Phi) is 5.64. The Hall–Kier alpha value is -1.30. The Bertz CT molecular complexity index is 437. The van der Waals surface area contributed by atoms with Crippen LogP contribution in [0.4, 0.5) is 0 Å². The molecule has 5 nitrogen and oxygen atoms in total. The summed E-state index contributed by atoms with van der Waals surface area (Å²) in [6.07, 6.45) is -0.0518. The van der Waals surface area contributed by atoms with Gasteiger partial charge in [0.05, 0.1) is 20.3 Å². The fourth-order valence-electron chi connectivity index (χ4n) is 1.99. The zero-order valence-electron chi connectivity index (χ0n) is 11.4. The molecule has 6 heteroatoms. The van der Waals surface area contributed by atoms with Gasteiger partial charge in [0.2, 0.25) is 0 Å². The third kappa shape index (κ3) is 4.67. The molecule has 2 rings (SSSR count). The summed E-state index contributed by atoms with van der Waals surface area (Å²) in [6, 6.07) is 7.19. The molecule has 1 atom stereocenters. The van der Waals surface area contributed by atoms with Crippen molar-refractivity contribution in [1.29, 1.82) is 0 Å². The molecule has 0 radical (unpaired) electrons. The molecule has 1 aliphatic rings. The van der Waals surface area contributed by atoms with E-state index in [1.165, 1.54) is 7.11 Å². The van der Waals surface area contributed by atoms with Crippen LogP contribution in [0.3, 0.4) is 0 Å². The molecule has 1 fully saturated rings. The Labute approximate surface area is 123 Å². The standard InChI is InChI=1S/C14H18ClNO4/c1-18-14(17)9-16-6-7-19-13(8-16)10-20-12-4-2-11(15)3-5-12/h2-5,13H,6-10H2,1H3/t13-/m0/s1. The first-order valence-corrected chi connectivity index (χ1v) is 6.84. The van der Waals surface area contributed by atoms with Crippen molar-refractivity contribution >= 4 is 17.6 Å². The molecule has 1 aliphatic heterocycles. The van der Waals surface area contributed by atoms with Crippen LogP contribution < -0.4 is 4.74 Å². The lowest BCUT2D eigenvalue weighted by molar-refractivity contribution is -0.144. The molecule has 1 aromatic rings. The summed E-state index contributed by atoms with van der Waals surface area (Å²) in [5, 5.41) is 0.676. The van der Waals surface area contributed by atoms with Gasteiger partial charge < -0.3 is 14.2 Å². The van der Waals surface area contributed by atoms with Crippen LogP contribution in [0.5, 0.6) is 5.75 Å². The van der Waals surface area contributed by atoms with Gasteiger partial charge in [0.25, 0.3) is 0 Å². The van der Waals surface area contributed by atoms with Gasteiger partial charge in [0.1, 0.15) is 18.5 Å². The van der Waals surface area contributed by atoms with Crippen LogP contribution in [-0.2, 0) is 14.3 Å². The summed E-state index contributed by atoms with van der Waals surface area (Å²) >= 11 is 5.81. The zero-order chi connectivity index (χ0) is 14.4. The minimum Gasteiger partial charge on any atom is -0.491 e. The topological polar surface area (TPSA) is 48.0 Å². The summed E-state index contributed by atoms with van der Waals surface area (Å²) in [4.78, 5) is 13.3. The quantitative estimate of drug-likeness (QED) is 0.773. The molecule has 20 heavy (non-hydrogen) atoms. The zero-order valence-corrected chi connectivity index (χ0v) is 12.1. The highest BCUT2D eigenvalue weighted by molar-refractivity contribution is 6.30. The first kappa shape index (κ1) is 15.1. The van der Waals surface area contributed by atoms with Crippen LogP contribution in [0.2, 0.25) is 5.02 Å². The van der Waals surface area contributed by atoms with Crippen molar-refractivity contribution in [1.82, 2.24) is 4.90 Å². The van der Waals surface area contributed by atoms with Gasteiger partial charge >= 0.3 is 5.97 Å². The van der Waals surface area contributed by atoms with Crippen LogP contribution in [0.1, 0.15) is 0 Å². The highest BCUT2D eigenvalue weighted by Gasteiger charge is 2.22. The van der Waals surface area contributed by atoms with Crippen LogP contribution in [0.25, 0.3) is 0 Å². The summed E-state index contributed by atoms with van der Waals surface area (Å²) < 4.78 is 15.9. The van der Waals surface area contributed by atoms with Gasteiger partial charge in [-0.2, -0.15) is 0 Å². The molecule has 0 aliphatic carbocycles. The largest absolute Gasteiger partial charge is 0.491 e. The number of hydrogen-bond donors (Lipinski definition) is 0. The van der Waals surface area contributed by atoms with Gasteiger partial charge in [-0.05, 0) is 24.3 Å². The predicted molar refractivity (Wildman–Crippen MR) is 75.1 cm³/mol. The third-order valence-corrected chi connectivity index (χ3v) is 3.30. The summed E-state index contributed by atoms with van der Waals surface area (Å²) in [7, 11) is 1.39. The minimum atomic E-state index is -0.232. The smallest absolute Gasteiger partial charge is 0.319 e. The fourth-order valence-corrected chi connectivity index (χ4v) is 2.12. The van der Waals surface area contributed by atoms with E-state index >= 15 is 0 Å². The van der Waals surface area contributed by atoms with Gasteiger partial charge in [0.15, 0.2) is 0 Å². The Balaban J connectivity index is 1.78. The van der Waals surface area contributed by atoms with E-state index in [9.17, 15) is 4.79 Å². The maximum absolute atomic E-state index is 11.2. The van der Waals surface area contributed by atoms with E-state index in [0.717, 1.165) is 12.3 Å². The highest BCUT2D eigenvalue weighted by Crippen LogP contribution is 2.16. The van der Waals surface area contributed by atoms with Crippen molar-refractivity contribution in [2.45, 2.75) is 6.10 Å². The minimum absolute atomic E-state index is 0.0518. The van der Waals surface area contributed by atoms with Crippen molar-refractivity contribution in [3.05, 3.63) is 29.3 Å². The molecule has 1 aromatic carbocycles. The number of rotatable bonds is 5. The lowest BCUT2D eigenvalue weighted by Crippen LogP contribution is -2.46. The van der Waals surface area contributed by atoms with Gasteiger partial charge in [-0.3, -0.25) is 9.69 Å². The predicted octanol–water partition coefficient (Wildman–Crippen LogP) is 1.59. The molecule has 0 unspecified atom stereocenters. The van der Waals surface area contributed by atoms with Gasteiger partial charge in [-0.1, -0.05) is 11.6 Å². The number of carbonyl (C=O) groups excluding carboxylic acids is 1. The van der Waals surface area contributed by atoms with E-state index in [1.54, 1.807) is 12.1 Å². The summed E-state index contributed by atoms with van der Waals surface area (Å²) in [5.41, 5.74) is 0. The van der Waals surface area contributed by atoms with Crippen LogP contribution in [0, 0.1) is 0 Å². The maximum Gasteiger partial charge on any atom is 0.319 e. The fraction of sp³-hybridized carbons (Fsp3) is 0.500. The second kappa shape index (κ2) is 7.47. The lowest BCUT2D eigenvalue weighted by atomic mass is 10.3. The molecular formula is C14H18ClNO4. The number of methoxy groups -OCH3 is 1. The number of ether oxygens (including phenoxy) is 3. The van der Waals surface area contributed by atoms with Gasteiger partial charge in [-0.25, -0.2) is 0 Å². The van der Waals surface area contributed by atoms with Crippen molar-refractivity contribution in [2.75, 3.05) is 40.0 Å². The Morgan fingerprint density at radius 2 is 2.20 bits per heavy atom. The molecule has 110 valence electrons. The van der Waals surface area contributed by atoms with Crippen molar-refractivity contribution in [3.8, 4) is 5.75 Å². The van der Waals surface area contributed by atoms with Crippen LogP contribution in [0.15, 0.2) is 24.3 Å². The van der Waals surface area contributed by atoms with E-state index in [1.807, 2.05) is 17.0 Å². The first-order chi connectivity index (χ1) is 9.67. The van der Waals surface area contributed by atoms with Crippen molar-refractivity contribution < 1.29 is 19.0 Å². The average Bonchev–Trinajstić information content (AvgIpc) is 2.47. The monoisotopic (exact) mass is 299 g/mol. The molecule has 1 heterocycles. The average molecular weight is 300 g/mol. The molecular weight excluding hydrogens is 282 g/mol. The number of morpholine rings is 1. The number of hydrogen-bond acceptors (Lipinski definition) is 5. The van der Waals surface area contributed by atoms with Crippen molar-refractivity contribution in [3.63, 3.8) is 0 Å². The second-order valence-corrected chi connectivity index (χ2v) is 5.01. The van der Waals surface area contributed by atoms with Crippen LogP contribution in [-0.4, -0.2) is 56.9 Å². The Morgan fingerprint density at radius 3 is 2.90 bits per heavy atom. The molecule has 0 N–H and O–H groups in total. The summed E-state index contributed by atoms with van der Waals surface area (Å²) in [6.45, 7) is 2.71. The van der Waals surface area contributed by atoms with Crippen molar-refractivity contribution in [2.24, 2.45) is 0 Å². The van der Waals surface area contributed by atoms with E-state index in [0.29, 0.717) is 24.8 Å². The number of benzene rings is 1. The maximum atomic E-state index is 11.2. The van der Waals surface area contributed by atoms with E-state index in [2.05, 4.69) is 4.74 Å². The molecule has 0 spiro atoms. The summed E-state index contributed by atoms with van der Waals surface area (Å²) in [5.74, 6) is 0.521. The molecule has 0 bridgehead atoms. The van der Waals surface area contributed by atoms with E-state index in [4.69, 9.17) is 21.1 Å². The van der Waals surface area contributed by atoms with E-state index < -0.39 is 0 Å². The number of carbonyl (C=O) groups is 1. The number of esters is 1. The molecule has 0 saturated carbocycles. The first-order valence-electron chi connectivity index (χ1n) is 6.46. The normalized spacial score (nSPS) is 19.6. The van der Waals surface area contributed by atoms with Gasteiger partial charge in [0, 0.05) is 18.1 Å². The second-order valence-electron chi connectivity index (χ2n) is 4.57. The highest BCUT2D eigenvalue weighted by atomic mass is 35.5. The molecule has 0 amide bonds. The number of halogens is 1. The number of nitrogens with zero attached hydrogens (tertiary/aromatic N) is 1. The third-order valence-electron chi connectivity index (χ3n) is 3.05. The Morgan fingerprint density at radius 1 is 1.45 bits per heavy atom. The lowest BCUT2D eigenvalue weighted by Gasteiger charge is -2.31. The van der Waals surface area contributed by atoms with E-state index in [-0.39, 0.29) is 18.6 Å². The van der Waals surface area contributed by atoms with Crippen LogP contribution >= 0.6 is 11.6 Å². The SMILES string of the molecule is COC(=O)CN1CCO[C@H](COc2ccc(Cl)cc2)C1. The molecule has 0 aromatic heterocycles. The molecule has 1 saturated heterocycles.